The van der Waals surface area contributed by atoms with E-state index in [1.165, 1.54) is 49.2 Å². The van der Waals surface area contributed by atoms with Gasteiger partial charge in [-0.2, -0.15) is 15.3 Å². The van der Waals surface area contributed by atoms with E-state index in [1.54, 1.807) is 133 Å². The molecule has 589 valence electrons. The number of methoxy groups -OCH3 is 3. The number of pyridine rings is 4. The minimum atomic E-state index is -1.14. The molecule has 0 spiro atoms. The van der Waals surface area contributed by atoms with E-state index >= 15 is 0 Å². The Morgan fingerprint density at radius 2 is 0.829 bits per heavy atom. The normalized spacial score (nSPS) is 10.5. The van der Waals surface area contributed by atoms with Crippen LogP contribution in [0.5, 0.6) is 0 Å². The SMILES string of the molecule is C.CCOC(=O)c1cc(CC)n(-c2cc(C(=O)OC)cn3c(-c4ccc(C)s4)cnc23)n1.CCOC(=O)c1cc(CC)n(-c2cc(C(=O)OC)cn3c(Br)cnc23)n1.CCc1cc(C(=O)O)nn1-c1cc(C(=O)O)cn2c(-c3ccc(C)s3)cnc12.CI.COC(=O)c1cc(NN)c2ncc(Br)n2c1.[I][V]([I])[I].[I][V][I]. The molecular formula is C69H71Br2I6N16O14S2V2. The van der Waals surface area contributed by atoms with E-state index in [-0.39, 0.29) is 48.2 Å². The molecule has 0 amide bonds. The molecule has 13 aromatic heterocycles. The van der Waals surface area contributed by atoms with Crippen LogP contribution in [0.25, 0.3) is 60.8 Å². The van der Waals surface area contributed by atoms with Gasteiger partial charge in [0.15, 0.2) is 39.7 Å². The monoisotopic (exact) mass is 2430 g/mol. The van der Waals surface area contributed by atoms with Crippen molar-refractivity contribution in [2.75, 3.05) is 44.9 Å². The molecule has 30 nitrogen and oxygen atoms in total. The average Bonchev–Trinajstić information content (AvgIpc) is 1.62. The predicted molar refractivity (Wildman–Crippen MR) is 476 cm³/mol. The number of nitrogens with two attached hydrogens (primary N) is 1. The van der Waals surface area contributed by atoms with Gasteiger partial charge in [-0.05, 0) is 150 Å². The van der Waals surface area contributed by atoms with Crippen LogP contribution in [0.15, 0.2) is 126 Å². The number of ether oxygens (including phenoxy) is 5. The van der Waals surface area contributed by atoms with Crippen molar-refractivity contribution in [2.24, 2.45) is 5.84 Å². The number of aromatic carboxylic acids is 2. The molecule has 0 saturated carbocycles. The van der Waals surface area contributed by atoms with Crippen molar-refractivity contribution in [1.82, 2.24) is 66.9 Å². The molecule has 13 heterocycles. The van der Waals surface area contributed by atoms with Crippen LogP contribution in [0.3, 0.4) is 0 Å². The average molecular weight is 2440 g/mol. The molecule has 13 rings (SSSR count). The summed E-state index contributed by atoms with van der Waals surface area (Å²) in [6.07, 6.45) is 15.0. The summed E-state index contributed by atoms with van der Waals surface area (Å²) in [6, 6.07) is 19.2. The van der Waals surface area contributed by atoms with Gasteiger partial charge in [0.1, 0.15) is 26.3 Å². The number of rotatable bonds is 18. The molecule has 0 saturated heterocycles. The first kappa shape index (κ1) is 94.2. The number of nitrogens with zero attached hydrogens (tertiary/aromatic N) is 14. The van der Waals surface area contributed by atoms with Crippen molar-refractivity contribution in [3.63, 3.8) is 0 Å². The van der Waals surface area contributed by atoms with Gasteiger partial charge in [0.2, 0.25) is 0 Å². The number of aryl methyl sites for hydroxylation is 5. The van der Waals surface area contributed by atoms with Crippen LogP contribution in [0.4, 0.5) is 5.69 Å². The van der Waals surface area contributed by atoms with Crippen molar-refractivity contribution in [1.29, 1.82) is 0 Å². The topological polar surface area (TPSA) is 367 Å². The molecule has 0 radical (unpaired) electrons. The molecule has 0 aliphatic rings. The number of hydrazine groups is 1. The van der Waals surface area contributed by atoms with Gasteiger partial charge in [-0.1, -0.05) is 50.8 Å². The number of alkyl halides is 1. The number of fused-ring (bicyclic) bond motifs is 4. The summed E-state index contributed by atoms with van der Waals surface area (Å²) in [5, 5.41) is 31.9. The first-order chi connectivity index (χ1) is 52.7. The van der Waals surface area contributed by atoms with E-state index in [0.29, 0.717) is 101 Å². The number of nitrogen functional groups attached to an aromatic ring is 1. The molecule has 0 fully saturated rings. The number of halogens is 8. The Morgan fingerprint density at radius 3 is 1.17 bits per heavy atom. The summed E-state index contributed by atoms with van der Waals surface area (Å²) < 4.78 is 37.7. The summed E-state index contributed by atoms with van der Waals surface area (Å²) >= 11 is 24.2. The molecule has 0 aliphatic heterocycles. The van der Waals surface area contributed by atoms with E-state index < -0.39 is 41.8 Å². The number of hydrogen-bond donors (Lipinski definition) is 4. The molecule has 0 bridgehead atoms. The molecule has 0 aromatic carbocycles. The molecule has 5 N–H and O–H groups in total. The Balaban J connectivity index is 0.000000226. The number of carboxylic acids is 2. The molecule has 111 heavy (non-hydrogen) atoms. The maximum absolute atomic E-state index is 12.4. The maximum atomic E-state index is 12.4. The standard InChI is InChI=1S/C22H22N4O4S.C19H16N4O4S.C17H17BrN4O4.C9H9BrN4O2.CH3I.CH4.5HI.2V/c1-5-15-10-16(22(28)30-6-2)24-26(15)17-9-14(21(27)29-4)12-25-18(11-23-20(17)25)19-8-7-13(3)31-19;1-3-12-7-13(19(26)27)21-23(12)14-6-11(18(24)25)9-22-15(8-20-17(14)22)16-5-4-10(2)28-16;1-4-11-7-12(17(24)26-5-2)20-22(11)13-6-10(16(23)25-3)9-21-14(18)8-19-15(13)21;1-16-9(15)5-2-6(13-11)8-12-3-7(10)14(8)4-5;1-2;;;;;;;;/h7-12H,5-6H2,1-4H3;4-9H,3H2,1-2H3,(H,24,25)(H,26,27);6-9H,4-5H2,1-3H3;2-4,13H,11H2,1H3;1H3;1H4;5*1H;;/q;;;;;;;;;;;+2;+3/p-5. The van der Waals surface area contributed by atoms with E-state index in [9.17, 15) is 43.8 Å². The van der Waals surface area contributed by atoms with Crippen LogP contribution in [0, 0.1) is 13.8 Å². The Morgan fingerprint density at radius 1 is 0.505 bits per heavy atom. The van der Waals surface area contributed by atoms with Gasteiger partial charge in [-0.3, -0.25) is 23.4 Å². The number of esters is 5. The predicted octanol–water partition coefficient (Wildman–Crippen LogP) is 17.7. The second-order valence-corrected chi connectivity index (χ2v) is 73.2. The van der Waals surface area contributed by atoms with E-state index in [4.69, 9.17) is 24.8 Å². The Hall–Kier alpha value is -5.65. The number of thiophene rings is 2. The van der Waals surface area contributed by atoms with Crippen LogP contribution in [0.2, 0.25) is 0 Å². The first-order valence-corrected chi connectivity index (χ1v) is 59.9. The number of imidazole rings is 4. The molecule has 42 heteroatoms. The zero-order valence-electron chi connectivity index (χ0n) is 59.9. The first-order valence-electron chi connectivity index (χ1n) is 32.0. The zero-order valence-corrected chi connectivity index (χ0v) is 80.4. The summed E-state index contributed by atoms with van der Waals surface area (Å²) in [7, 11) is 4.61. The zero-order chi connectivity index (χ0) is 81.0. The van der Waals surface area contributed by atoms with Gasteiger partial charge >= 0.3 is 156 Å². The third kappa shape index (κ3) is 23.4. The number of carbonyl (C=O) groups excluding carboxylic acids is 5. The quantitative estimate of drug-likeness (QED) is 0.0155. The van der Waals surface area contributed by atoms with Crippen LogP contribution < -0.4 is 11.3 Å². The van der Waals surface area contributed by atoms with Gasteiger partial charge < -0.3 is 39.3 Å². The fraction of sp³-hybridized carbons (Fsp3) is 0.246. The van der Waals surface area contributed by atoms with Gasteiger partial charge in [-0.15, -0.1) is 22.7 Å². The van der Waals surface area contributed by atoms with Crippen LogP contribution >= 0.6 is 177 Å². The van der Waals surface area contributed by atoms with Gasteiger partial charge in [0.05, 0.1) is 108 Å². The third-order valence-electron chi connectivity index (χ3n) is 15.2. The minimum absolute atomic E-state index is 0. The van der Waals surface area contributed by atoms with Crippen molar-refractivity contribution >= 4 is 247 Å². The fourth-order valence-corrected chi connectivity index (χ4v) is 13.0. The van der Waals surface area contributed by atoms with Gasteiger partial charge in [0.25, 0.3) is 0 Å². The Bertz CT molecular complexity index is 5460. The van der Waals surface area contributed by atoms with Crippen LogP contribution in [-0.4, -0.2) is 158 Å². The summed E-state index contributed by atoms with van der Waals surface area (Å²) in [5.74, 6) is 0.763. The van der Waals surface area contributed by atoms with Crippen LogP contribution in [0.1, 0.15) is 142 Å². The van der Waals surface area contributed by atoms with E-state index in [2.05, 4.69) is 200 Å². The number of carbonyl (C=O) groups is 7. The van der Waals surface area contributed by atoms with Gasteiger partial charge in [0, 0.05) is 51.6 Å². The molecular weight excluding hydrogens is 2360 g/mol. The fourth-order valence-electron chi connectivity index (χ4n) is 10.5. The summed E-state index contributed by atoms with van der Waals surface area (Å²) in [4.78, 5) is 107. The Labute approximate surface area is 741 Å². The number of aromatic nitrogens is 14. The van der Waals surface area contributed by atoms with Crippen molar-refractivity contribution < 1.29 is 81.8 Å². The van der Waals surface area contributed by atoms with E-state index in [1.807, 2.05) is 68.2 Å². The second-order valence-electron chi connectivity index (χ2n) is 21.8. The molecule has 0 aliphatic carbocycles. The Kier molecular flexibility index (Phi) is 38.2. The number of hydrogen-bond acceptors (Lipinski definition) is 23. The van der Waals surface area contributed by atoms with Crippen molar-refractivity contribution in [2.45, 2.75) is 75.2 Å². The number of carboxylic acid groups (broad SMARTS) is 2. The molecule has 0 unspecified atom stereocenters. The summed E-state index contributed by atoms with van der Waals surface area (Å²) in [6.45, 7) is 13.8. The molecule has 0 atom stereocenters. The molecule has 13 aromatic rings. The number of nitrogens with one attached hydrogen (secondary N) is 1. The van der Waals surface area contributed by atoms with E-state index in [0.717, 1.165) is 42.0 Å². The number of anilines is 1. The van der Waals surface area contributed by atoms with Crippen molar-refractivity contribution in [3.05, 3.63) is 192 Å². The summed E-state index contributed by atoms with van der Waals surface area (Å²) in [5.41, 5.74) is 12.2. The second kappa shape index (κ2) is 45.0. The van der Waals surface area contributed by atoms with Crippen molar-refractivity contribution in [3.8, 4) is 38.2 Å². The third-order valence-corrected chi connectivity index (χ3v) is 18.5. The van der Waals surface area contributed by atoms with Gasteiger partial charge in [-0.25, -0.2) is 67.5 Å². The van der Waals surface area contributed by atoms with Crippen LogP contribution in [-0.2, 0) is 57.3 Å².